The molecular weight excluding hydrogens is 424 g/mol. The van der Waals surface area contributed by atoms with Crippen molar-refractivity contribution in [3.63, 3.8) is 0 Å². The number of nitrogens with two attached hydrogens (primary N) is 1. The number of methoxy groups -OCH3 is 1. The molecule has 9 heteroatoms. The molecule has 0 radical (unpaired) electrons. The Morgan fingerprint density at radius 1 is 1.12 bits per heavy atom. The first-order chi connectivity index (χ1) is 15.8. The van der Waals surface area contributed by atoms with E-state index in [1.54, 1.807) is 37.4 Å². The number of fused-ring (bicyclic) bond motifs is 4. The summed E-state index contributed by atoms with van der Waals surface area (Å²) in [6.45, 7) is 1.93. The second-order valence-electron chi connectivity index (χ2n) is 8.80. The van der Waals surface area contributed by atoms with Gasteiger partial charge < -0.3 is 15.8 Å². The number of nitrogens with one attached hydrogen (secondary N) is 2. The standard InChI is InChI=1S/C24H24N4O5/c1-12-4-3-5-15-20(12)26-23(32)24(15)19-18(16(27-24)10-17(25)29)21(30)28(22(19)31)11-13-6-8-14(33-2)9-7-13/h3-9,16,18-19,27H,10-11H2,1-2H3,(H2,25,29)(H,26,32)/t16-,18-,19-,24-/m1/s1. The van der Waals surface area contributed by atoms with Crippen LogP contribution in [0.4, 0.5) is 5.69 Å². The molecule has 3 aliphatic heterocycles. The Balaban J connectivity index is 1.58. The van der Waals surface area contributed by atoms with Crippen LogP contribution in [0.3, 0.4) is 0 Å². The van der Waals surface area contributed by atoms with Gasteiger partial charge in [0.15, 0.2) is 0 Å². The Kier molecular flexibility index (Phi) is 4.75. The number of amides is 4. The van der Waals surface area contributed by atoms with E-state index in [9.17, 15) is 19.2 Å². The van der Waals surface area contributed by atoms with Crippen LogP contribution in [0.5, 0.6) is 5.75 Å². The third-order valence-electron chi connectivity index (χ3n) is 6.97. The van der Waals surface area contributed by atoms with E-state index in [4.69, 9.17) is 10.5 Å². The molecule has 170 valence electrons. The fraction of sp³-hybridized carbons (Fsp3) is 0.333. The van der Waals surface area contributed by atoms with E-state index in [1.807, 2.05) is 19.1 Å². The lowest BCUT2D eigenvalue weighted by Gasteiger charge is -2.29. The maximum absolute atomic E-state index is 13.7. The average molecular weight is 448 g/mol. The summed E-state index contributed by atoms with van der Waals surface area (Å²) in [4.78, 5) is 53.6. The van der Waals surface area contributed by atoms with Gasteiger partial charge in [-0.25, -0.2) is 0 Å². The molecule has 2 fully saturated rings. The number of rotatable bonds is 5. The van der Waals surface area contributed by atoms with Gasteiger partial charge in [-0.3, -0.25) is 29.4 Å². The number of likely N-dealkylation sites (tertiary alicyclic amines) is 1. The quantitative estimate of drug-likeness (QED) is 0.580. The van der Waals surface area contributed by atoms with Crippen LogP contribution in [-0.2, 0) is 31.3 Å². The maximum Gasteiger partial charge on any atom is 0.250 e. The van der Waals surface area contributed by atoms with Crippen LogP contribution in [0.15, 0.2) is 42.5 Å². The third-order valence-corrected chi connectivity index (χ3v) is 6.97. The summed E-state index contributed by atoms with van der Waals surface area (Å²) in [5.41, 5.74) is 6.86. The Labute approximate surface area is 190 Å². The van der Waals surface area contributed by atoms with E-state index in [-0.39, 0.29) is 13.0 Å². The molecule has 0 unspecified atom stereocenters. The third kappa shape index (κ3) is 2.96. The minimum absolute atomic E-state index is 0.0658. The molecule has 33 heavy (non-hydrogen) atoms. The first-order valence-corrected chi connectivity index (χ1v) is 10.7. The summed E-state index contributed by atoms with van der Waals surface area (Å²) < 4.78 is 5.17. The van der Waals surface area contributed by atoms with E-state index in [2.05, 4.69) is 10.6 Å². The van der Waals surface area contributed by atoms with Gasteiger partial charge in [0.25, 0.3) is 0 Å². The molecule has 0 aliphatic carbocycles. The Hall–Kier alpha value is -3.72. The zero-order valence-electron chi connectivity index (χ0n) is 18.3. The van der Waals surface area contributed by atoms with Crippen molar-refractivity contribution < 1.29 is 23.9 Å². The molecule has 3 aliphatic rings. The van der Waals surface area contributed by atoms with Gasteiger partial charge in [0, 0.05) is 23.7 Å². The molecule has 4 atom stereocenters. The number of primary amides is 1. The first kappa shape index (κ1) is 21.1. The van der Waals surface area contributed by atoms with Crippen LogP contribution in [0.2, 0.25) is 0 Å². The highest BCUT2D eigenvalue weighted by Crippen LogP contribution is 2.54. The van der Waals surface area contributed by atoms with Crippen molar-refractivity contribution in [2.45, 2.75) is 31.5 Å². The summed E-state index contributed by atoms with van der Waals surface area (Å²) >= 11 is 0. The van der Waals surface area contributed by atoms with Crippen molar-refractivity contribution >= 4 is 29.3 Å². The van der Waals surface area contributed by atoms with Crippen molar-refractivity contribution in [2.24, 2.45) is 17.6 Å². The predicted octanol–water partition coefficient (Wildman–Crippen LogP) is 0.800. The lowest BCUT2D eigenvalue weighted by molar-refractivity contribution is -0.143. The number of benzene rings is 2. The van der Waals surface area contributed by atoms with Crippen molar-refractivity contribution in [1.82, 2.24) is 10.2 Å². The lowest BCUT2D eigenvalue weighted by Crippen LogP contribution is -2.53. The Morgan fingerprint density at radius 3 is 2.52 bits per heavy atom. The van der Waals surface area contributed by atoms with Crippen molar-refractivity contribution in [2.75, 3.05) is 12.4 Å². The molecule has 9 nitrogen and oxygen atoms in total. The van der Waals surface area contributed by atoms with Gasteiger partial charge in [-0.1, -0.05) is 30.3 Å². The smallest absolute Gasteiger partial charge is 0.250 e. The lowest BCUT2D eigenvalue weighted by atomic mass is 9.76. The van der Waals surface area contributed by atoms with Gasteiger partial charge in [-0.2, -0.15) is 0 Å². The fourth-order valence-corrected chi connectivity index (χ4v) is 5.50. The van der Waals surface area contributed by atoms with Gasteiger partial charge in [0.05, 0.1) is 25.5 Å². The number of hydrogen-bond acceptors (Lipinski definition) is 6. The topological polar surface area (TPSA) is 131 Å². The van der Waals surface area contributed by atoms with E-state index < -0.39 is 47.0 Å². The molecule has 2 aromatic rings. The molecule has 2 saturated heterocycles. The maximum atomic E-state index is 13.7. The zero-order chi connectivity index (χ0) is 23.5. The molecule has 5 rings (SSSR count). The number of carbonyl (C=O) groups is 4. The second kappa shape index (κ2) is 7.41. The fourth-order valence-electron chi connectivity index (χ4n) is 5.50. The van der Waals surface area contributed by atoms with E-state index >= 15 is 0 Å². The van der Waals surface area contributed by atoms with E-state index in [1.165, 1.54) is 4.90 Å². The van der Waals surface area contributed by atoms with Crippen LogP contribution >= 0.6 is 0 Å². The van der Waals surface area contributed by atoms with Gasteiger partial charge >= 0.3 is 0 Å². The number of carbonyl (C=O) groups excluding carboxylic acids is 4. The number of imide groups is 1. The van der Waals surface area contributed by atoms with Gasteiger partial charge in [0.2, 0.25) is 23.6 Å². The second-order valence-corrected chi connectivity index (χ2v) is 8.80. The largest absolute Gasteiger partial charge is 0.497 e. The highest BCUT2D eigenvalue weighted by Gasteiger charge is 2.70. The van der Waals surface area contributed by atoms with Crippen molar-refractivity contribution in [1.29, 1.82) is 0 Å². The number of hydrogen-bond donors (Lipinski definition) is 3. The van der Waals surface area contributed by atoms with Crippen LogP contribution in [0.25, 0.3) is 0 Å². The zero-order valence-corrected chi connectivity index (χ0v) is 18.3. The monoisotopic (exact) mass is 448 g/mol. The molecule has 1 spiro atoms. The summed E-state index contributed by atoms with van der Waals surface area (Å²) in [6.07, 6.45) is -0.160. The van der Waals surface area contributed by atoms with Gasteiger partial charge in [0.1, 0.15) is 11.3 Å². The first-order valence-electron chi connectivity index (χ1n) is 10.7. The number of ether oxygens (including phenoxy) is 1. The summed E-state index contributed by atoms with van der Waals surface area (Å²) in [6, 6.07) is 11.8. The number of para-hydroxylation sites is 1. The molecule has 4 amide bonds. The minimum atomic E-state index is -1.44. The summed E-state index contributed by atoms with van der Waals surface area (Å²) in [5.74, 6) is -3.05. The molecule has 3 heterocycles. The normalized spacial score (nSPS) is 27.6. The molecule has 0 bridgehead atoms. The van der Waals surface area contributed by atoms with E-state index in [0.717, 1.165) is 11.1 Å². The Bertz CT molecular complexity index is 1190. The minimum Gasteiger partial charge on any atom is -0.497 e. The number of nitrogens with zero attached hydrogens (tertiary/aromatic N) is 1. The number of aryl methyl sites for hydroxylation is 1. The van der Waals surface area contributed by atoms with Crippen molar-refractivity contribution in [3.8, 4) is 5.75 Å². The average Bonchev–Trinajstić information content (AvgIpc) is 3.35. The molecule has 0 saturated carbocycles. The predicted molar refractivity (Wildman–Crippen MR) is 118 cm³/mol. The van der Waals surface area contributed by atoms with Crippen LogP contribution in [0.1, 0.15) is 23.1 Å². The van der Waals surface area contributed by atoms with Crippen LogP contribution < -0.4 is 21.1 Å². The molecule has 0 aromatic heterocycles. The van der Waals surface area contributed by atoms with Gasteiger partial charge in [-0.15, -0.1) is 0 Å². The van der Waals surface area contributed by atoms with Crippen molar-refractivity contribution in [3.05, 3.63) is 59.2 Å². The molecule has 4 N–H and O–H groups in total. The van der Waals surface area contributed by atoms with Gasteiger partial charge in [-0.05, 0) is 30.2 Å². The van der Waals surface area contributed by atoms with E-state index in [0.29, 0.717) is 17.0 Å². The van der Waals surface area contributed by atoms with Crippen LogP contribution in [-0.4, -0.2) is 41.7 Å². The number of anilines is 1. The summed E-state index contributed by atoms with van der Waals surface area (Å²) in [7, 11) is 1.56. The highest BCUT2D eigenvalue weighted by atomic mass is 16.5. The molecular formula is C24H24N4O5. The molecule has 2 aromatic carbocycles. The Morgan fingerprint density at radius 2 is 1.85 bits per heavy atom. The SMILES string of the molecule is COc1ccc(CN2C(=O)[C@@H]3[C@@H](CC(N)=O)N[C@@]4(C(=O)Nc5c(C)cccc54)[C@H]3C2=O)cc1. The highest BCUT2D eigenvalue weighted by molar-refractivity contribution is 6.15. The van der Waals surface area contributed by atoms with Crippen LogP contribution in [0, 0.1) is 18.8 Å². The summed E-state index contributed by atoms with van der Waals surface area (Å²) in [5, 5.41) is 6.08.